The van der Waals surface area contributed by atoms with Gasteiger partial charge in [0.1, 0.15) is 6.54 Å². The maximum atomic E-state index is 12.1. The summed E-state index contributed by atoms with van der Waals surface area (Å²) in [6.45, 7) is 1.82. The minimum atomic E-state index is -0.220. The Morgan fingerprint density at radius 2 is 1.86 bits per heavy atom. The molecule has 2 rings (SSSR count). The molecule has 1 aromatic carbocycles. The summed E-state index contributed by atoms with van der Waals surface area (Å²) < 4.78 is 0.770. The van der Waals surface area contributed by atoms with Crippen LogP contribution in [0.3, 0.4) is 0 Å². The highest BCUT2D eigenvalue weighted by molar-refractivity contribution is 9.10. The van der Waals surface area contributed by atoms with Gasteiger partial charge in [0, 0.05) is 30.3 Å². The highest BCUT2D eigenvalue weighted by Crippen LogP contribution is 2.25. The van der Waals surface area contributed by atoms with Crippen LogP contribution in [0.4, 0.5) is 5.69 Å². The van der Waals surface area contributed by atoms with Crippen molar-refractivity contribution >= 4 is 33.4 Å². The van der Waals surface area contributed by atoms with Crippen LogP contribution in [0.15, 0.2) is 53.3 Å². The smallest absolute Gasteiger partial charge is 0.240 e. The maximum absolute atomic E-state index is 12.1. The molecule has 2 amide bonds. The first kappa shape index (κ1) is 16.2. The number of para-hydroxylation sites is 1. The quantitative estimate of drug-likeness (QED) is 0.889. The summed E-state index contributed by atoms with van der Waals surface area (Å²) in [4.78, 5) is 29.3. The lowest BCUT2D eigenvalue weighted by Gasteiger charge is -2.21. The molecule has 1 heterocycles. The molecule has 0 aliphatic heterocycles. The first-order valence-corrected chi connectivity index (χ1v) is 7.55. The van der Waals surface area contributed by atoms with Gasteiger partial charge in [-0.15, -0.1) is 0 Å². The first-order valence-electron chi connectivity index (χ1n) is 6.76. The number of rotatable bonds is 5. The summed E-state index contributed by atoms with van der Waals surface area (Å²) >= 11 is 3.40. The SMILES string of the molecule is CC(=O)N(CC(=O)NCc1ccncc1)c1ccccc1Br. The van der Waals surface area contributed by atoms with Gasteiger partial charge in [0.05, 0.1) is 5.69 Å². The van der Waals surface area contributed by atoms with E-state index in [4.69, 9.17) is 0 Å². The summed E-state index contributed by atoms with van der Waals surface area (Å²) in [6, 6.07) is 11.0. The maximum Gasteiger partial charge on any atom is 0.240 e. The molecule has 1 aromatic heterocycles. The second kappa shape index (κ2) is 7.70. The third-order valence-electron chi connectivity index (χ3n) is 3.06. The number of carbonyl (C=O) groups excluding carboxylic acids is 2. The minimum absolute atomic E-state index is 0.0248. The Labute approximate surface area is 137 Å². The Morgan fingerprint density at radius 1 is 1.18 bits per heavy atom. The number of anilines is 1. The molecule has 0 spiro atoms. The molecule has 0 aliphatic rings. The van der Waals surface area contributed by atoms with Gasteiger partial charge in [-0.25, -0.2) is 0 Å². The van der Waals surface area contributed by atoms with Crippen LogP contribution in [0, 0.1) is 0 Å². The Kier molecular flexibility index (Phi) is 5.66. The summed E-state index contributed by atoms with van der Waals surface area (Å²) in [5.41, 5.74) is 1.63. The predicted octanol–water partition coefficient (Wildman–Crippen LogP) is 2.51. The molecule has 0 saturated heterocycles. The van der Waals surface area contributed by atoms with Crippen LogP contribution in [0.1, 0.15) is 12.5 Å². The van der Waals surface area contributed by atoms with Gasteiger partial charge >= 0.3 is 0 Å². The van der Waals surface area contributed by atoms with E-state index in [1.165, 1.54) is 11.8 Å². The fourth-order valence-corrected chi connectivity index (χ4v) is 2.44. The van der Waals surface area contributed by atoms with Crippen LogP contribution in [-0.4, -0.2) is 23.3 Å². The van der Waals surface area contributed by atoms with Crippen molar-refractivity contribution in [2.45, 2.75) is 13.5 Å². The van der Waals surface area contributed by atoms with E-state index >= 15 is 0 Å². The van der Waals surface area contributed by atoms with Gasteiger partial charge in [0.25, 0.3) is 0 Å². The highest BCUT2D eigenvalue weighted by atomic mass is 79.9. The van der Waals surface area contributed by atoms with Crippen molar-refractivity contribution in [3.05, 3.63) is 58.8 Å². The topological polar surface area (TPSA) is 62.3 Å². The molecule has 0 aliphatic carbocycles. The standard InChI is InChI=1S/C16H16BrN3O2/c1-12(21)20(15-5-3-2-4-14(15)17)11-16(22)19-10-13-6-8-18-9-7-13/h2-9H,10-11H2,1H3,(H,19,22). The Bertz CT molecular complexity index is 661. The van der Waals surface area contributed by atoms with Gasteiger partial charge in [-0.2, -0.15) is 0 Å². The van der Waals surface area contributed by atoms with Gasteiger partial charge in [-0.3, -0.25) is 14.6 Å². The molecule has 0 bridgehead atoms. The van der Waals surface area contributed by atoms with Crippen LogP contribution >= 0.6 is 15.9 Å². The Morgan fingerprint density at radius 3 is 2.50 bits per heavy atom. The molecule has 0 fully saturated rings. The lowest BCUT2D eigenvalue weighted by Crippen LogP contribution is -2.39. The predicted molar refractivity (Wildman–Crippen MR) is 88.3 cm³/mol. The third-order valence-corrected chi connectivity index (χ3v) is 3.73. The minimum Gasteiger partial charge on any atom is -0.350 e. The van der Waals surface area contributed by atoms with Crippen molar-refractivity contribution < 1.29 is 9.59 Å². The molecule has 0 unspecified atom stereocenters. The van der Waals surface area contributed by atoms with Gasteiger partial charge in [0.15, 0.2) is 0 Å². The van der Waals surface area contributed by atoms with Gasteiger partial charge in [-0.1, -0.05) is 12.1 Å². The van der Waals surface area contributed by atoms with Crippen molar-refractivity contribution in [2.24, 2.45) is 0 Å². The van der Waals surface area contributed by atoms with Crippen molar-refractivity contribution in [2.75, 3.05) is 11.4 Å². The number of benzene rings is 1. The summed E-state index contributed by atoms with van der Waals surface area (Å²) in [7, 11) is 0. The van der Waals surface area contributed by atoms with E-state index in [1.54, 1.807) is 18.5 Å². The second-order valence-corrected chi connectivity index (χ2v) is 5.54. The summed E-state index contributed by atoms with van der Waals surface area (Å²) in [5, 5.41) is 2.80. The normalized spacial score (nSPS) is 10.1. The van der Waals surface area contributed by atoms with E-state index in [9.17, 15) is 9.59 Å². The fraction of sp³-hybridized carbons (Fsp3) is 0.188. The monoisotopic (exact) mass is 361 g/mol. The van der Waals surface area contributed by atoms with Crippen LogP contribution < -0.4 is 10.2 Å². The molecule has 0 atom stereocenters. The molecule has 0 radical (unpaired) electrons. The van der Waals surface area contributed by atoms with E-state index < -0.39 is 0 Å². The van der Waals surface area contributed by atoms with E-state index in [1.807, 2.05) is 30.3 Å². The Balaban J connectivity index is 2.01. The van der Waals surface area contributed by atoms with Crippen LogP contribution in [0.5, 0.6) is 0 Å². The van der Waals surface area contributed by atoms with Crippen molar-refractivity contribution in [3.8, 4) is 0 Å². The number of amides is 2. The molecular weight excluding hydrogens is 346 g/mol. The number of carbonyl (C=O) groups is 2. The average Bonchev–Trinajstić information content (AvgIpc) is 2.52. The van der Waals surface area contributed by atoms with Gasteiger partial charge in [0.2, 0.25) is 11.8 Å². The third kappa shape index (κ3) is 4.39. The molecule has 2 aromatic rings. The number of nitrogens with zero attached hydrogens (tertiary/aromatic N) is 2. The molecule has 6 heteroatoms. The van der Waals surface area contributed by atoms with E-state index in [0.717, 1.165) is 10.0 Å². The van der Waals surface area contributed by atoms with Gasteiger partial charge < -0.3 is 10.2 Å². The molecule has 22 heavy (non-hydrogen) atoms. The van der Waals surface area contributed by atoms with E-state index in [-0.39, 0.29) is 18.4 Å². The average molecular weight is 362 g/mol. The largest absolute Gasteiger partial charge is 0.350 e. The van der Waals surface area contributed by atoms with Crippen molar-refractivity contribution in [1.29, 1.82) is 0 Å². The zero-order valence-electron chi connectivity index (χ0n) is 12.1. The van der Waals surface area contributed by atoms with E-state index in [2.05, 4.69) is 26.2 Å². The highest BCUT2D eigenvalue weighted by Gasteiger charge is 2.17. The van der Waals surface area contributed by atoms with E-state index in [0.29, 0.717) is 12.2 Å². The molecule has 5 nitrogen and oxygen atoms in total. The molecule has 1 N–H and O–H groups in total. The molecule has 114 valence electrons. The van der Waals surface area contributed by atoms with Gasteiger partial charge in [-0.05, 0) is 45.8 Å². The number of halogens is 1. The van der Waals surface area contributed by atoms with Crippen LogP contribution in [0.25, 0.3) is 0 Å². The number of hydrogen-bond acceptors (Lipinski definition) is 3. The molecular formula is C16H16BrN3O2. The lowest BCUT2D eigenvalue weighted by molar-refractivity contribution is -0.123. The fourth-order valence-electron chi connectivity index (χ4n) is 1.94. The lowest BCUT2D eigenvalue weighted by atomic mass is 10.2. The second-order valence-electron chi connectivity index (χ2n) is 4.69. The molecule has 0 saturated carbocycles. The zero-order valence-corrected chi connectivity index (χ0v) is 13.7. The van der Waals surface area contributed by atoms with Crippen LogP contribution in [0.2, 0.25) is 0 Å². The number of nitrogens with one attached hydrogen (secondary N) is 1. The Hall–Kier alpha value is -2.21. The van der Waals surface area contributed by atoms with Crippen molar-refractivity contribution in [1.82, 2.24) is 10.3 Å². The summed E-state index contributed by atoms with van der Waals surface area (Å²) in [6.07, 6.45) is 3.34. The number of hydrogen-bond donors (Lipinski definition) is 1. The summed E-state index contributed by atoms with van der Waals surface area (Å²) in [5.74, 6) is -0.409. The van der Waals surface area contributed by atoms with Crippen LogP contribution in [-0.2, 0) is 16.1 Å². The first-order chi connectivity index (χ1) is 10.6. The number of aromatic nitrogens is 1. The zero-order chi connectivity index (χ0) is 15.9. The van der Waals surface area contributed by atoms with Crippen molar-refractivity contribution in [3.63, 3.8) is 0 Å². The number of pyridine rings is 1.